The summed E-state index contributed by atoms with van der Waals surface area (Å²) >= 11 is 0. The van der Waals surface area contributed by atoms with Gasteiger partial charge in [-0.3, -0.25) is 9.59 Å². The molecule has 5 heteroatoms. The van der Waals surface area contributed by atoms with Crippen LogP contribution in [0.4, 0.5) is 0 Å². The summed E-state index contributed by atoms with van der Waals surface area (Å²) in [6.45, 7) is 5.13. The van der Waals surface area contributed by atoms with Crippen molar-refractivity contribution in [1.29, 1.82) is 0 Å². The van der Waals surface area contributed by atoms with Crippen LogP contribution in [0.3, 0.4) is 0 Å². The summed E-state index contributed by atoms with van der Waals surface area (Å²) < 4.78 is 16.6. The molecule has 29 heavy (non-hydrogen) atoms. The van der Waals surface area contributed by atoms with Gasteiger partial charge in [-0.05, 0) is 30.7 Å². The molecule has 4 unspecified atom stereocenters. The molecule has 1 saturated carbocycles. The Hall–Kier alpha value is -1.88. The van der Waals surface area contributed by atoms with E-state index in [2.05, 4.69) is 13.8 Å². The van der Waals surface area contributed by atoms with Gasteiger partial charge in [-0.2, -0.15) is 0 Å². The minimum Gasteiger partial charge on any atom is -0.465 e. The van der Waals surface area contributed by atoms with Crippen molar-refractivity contribution < 1.29 is 23.8 Å². The summed E-state index contributed by atoms with van der Waals surface area (Å²) in [6.07, 6.45) is 6.89. The van der Waals surface area contributed by atoms with Crippen molar-refractivity contribution in [3.05, 3.63) is 35.9 Å². The van der Waals surface area contributed by atoms with E-state index in [1.54, 1.807) is 0 Å². The highest BCUT2D eigenvalue weighted by Crippen LogP contribution is 2.43. The third kappa shape index (κ3) is 6.84. The molecule has 1 aromatic rings. The van der Waals surface area contributed by atoms with E-state index in [-0.39, 0.29) is 30.8 Å². The highest BCUT2D eigenvalue weighted by atomic mass is 16.6. The van der Waals surface area contributed by atoms with Crippen molar-refractivity contribution in [3.63, 3.8) is 0 Å². The minimum absolute atomic E-state index is 0.0919. The zero-order valence-corrected chi connectivity index (χ0v) is 17.7. The van der Waals surface area contributed by atoms with Crippen LogP contribution in [-0.4, -0.2) is 30.8 Å². The maximum absolute atomic E-state index is 12.7. The van der Waals surface area contributed by atoms with Gasteiger partial charge in [-0.1, -0.05) is 69.9 Å². The van der Waals surface area contributed by atoms with Gasteiger partial charge in [0.15, 0.2) is 0 Å². The van der Waals surface area contributed by atoms with Gasteiger partial charge in [0.2, 0.25) is 0 Å². The Bertz CT molecular complexity index is 656. The van der Waals surface area contributed by atoms with Crippen molar-refractivity contribution in [2.45, 2.75) is 77.6 Å². The Morgan fingerprint density at radius 3 is 2.21 bits per heavy atom. The van der Waals surface area contributed by atoms with Crippen LogP contribution in [0.25, 0.3) is 0 Å². The number of benzene rings is 1. The lowest BCUT2D eigenvalue weighted by Gasteiger charge is -2.26. The normalized spacial score (nSPS) is 25.3. The number of esters is 2. The molecule has 1 aliphatic carbocycles. The molecule has 0 N–H and O–H groups in total. The summed E-state index contributed by atoms with van der Waals surface area (Å²) in [6, 6.07) is 9.58. The molecule has 0 aromatic heterocycles. The lowest BCUT2D eigenvalue weighted by atomic mass is 9.79. The fraction of sp³-hybridized carbons (Fsp3) is 0.667. The number of carbonyl (C=O) groups is 2. The Balaban J connectivity index is 1.42. The van der Waals surface area contributed by atoms with Crippen LogP contribution in [0.1, 0.15) is 64.4 Å². The summed E-state index contributed by atoms with van der Waals surface area (Å²) in [5.41, 5.74) is 0.939. The molecule has 5 nitrogen and oxygen atoms in total. The Labute approximate surface area is 174 Å². The van der Waals surface area contributed by atoms with E-state index >= 15 is 0 Å². The lowest BCUT2D eigenvalue weighted by molar-refractivity contribution is -0.163. The molecule has 0 radical (unpaired) electrons. The predicted molar refractivity (Wildman–Crippen MR) is 110 cm³/mol. The molecular weight excluding hydrogens is 368 g/mol. The Morgan fingerprint density at radius 2 is 1.55 bits per heavy atom. The molecular formula is C24H34O5. The van der Waals surface area contributed by atoms with Crippen LogP contribution in [0, 0.1) is 17.8 Å². The largest absolute Gasteiger partial charge is 0.465 e. The number of rotatable bonds is 11. The zero-order chi connectivity index (χ0) is 20.6. The van der Waals surface area contributed by atoms with E-state index in [9.17, 15) is 9.59 Å². The van der Waals surface area contributed by atoms with E-state index in [0.29, 0.717) is 19.4 Å². The quantitative estimate of drug-likeness (QED) is 0.306. The molecule has 3 rings (SSSR count). The first kappa shape index (κ1) is 21.8. The van der Waals surface area contributed by atoms with Crippen LogP contribution in [0.15, 0.2) is 30.3 Å². The smallest absolute Gasteiger partial charge is 0.310 e. The maximum atomic E-state index is 12.7. The van der Waals surface area contributed by atoms with Crippen LogP contribution >= 0.6 is 0 Å². The molecule has 0 amide bonds. The number of hydrogen-bond donors (Lipinski definition) is 0. The van der Waals surface area contributed by atoms with Gasteiger partial charge in [0, 0.05) is 0 Å². The maximum Gasteiger partial charge on any atom is 0.310 e. The number of carbonyl (C=O) groups excluding carboxylic acids is 2. The standard InChI is InChI=1S/C24H34O5/c1-17(2)10-6-3-4-9-13-27-23(25)19-14-21-22(29-21)15-20(19)24(26)28-16-18-11-7-5-8-12-18/h5,7-8,11-12,17,19-22H,3-4,6,9-10,13-16H2,1-2H3. The number of unbranched alkanes of at least 4 members (excludes halogenated alkanes) is 3. The van der Waals surface area contributed by atoms with E-state index < -0.39 is 11.8 Å². The van der Waals surface area contributed by atoms with Crippen molar-refractivity contribution in [2.75, 3.05) is 6.61 Å². The Kier molecular flexibility index (Phi) is 8.10. The van der Waals surface area contributed by atoms with Gasteiger partial charge in [0.1, 0.15) is 6.61 Å². The molecule has 2 fully saturated rings. The van der Waals surface area contributed by atoms with E-state index in [0.717, 1.165) is 24.3 Å². The van der Waals surface area contributed by atoms with Crippen molar-refractivity contribution in [2.24, 2.45) is 17.8 Å². The van der Waals surface area contributed by atoms with Crippen molar-refractivity contribution in [3.8, 4) is 0 Å². The molecule has 1 saturated heterocycles. The van der Waals surface area contributed by atoms with Gasteiger partial charge >= 0.3 is 11.9 Å². The number of epoxide rings is 1. The number of hydrogen-bond acceptors (Lipinski definition) is 5. The van der Waals surface area contributed by atoms with Crippen LogP contribution in [-0.2, 0) is 30.4 Å². The second-order valence-corrected chi connectivity index (χ2v) is 8.75. The zero-order valence-electron chi connectivity index (χ0n) is 17.7. The average molecular weight is 403 g/mol. The average Bonchev–Trinajstić information content (AvgIpc) is 3.49. The van der Waals surface area contributed by atoms with Crippen molar-refractivity contribution >= 4 is 11.9 Å². The fourth-order valence-corrected chi connectivity index (χ4v) is 4.07. The summed E-state index contributed by atoms with van der Waals surface area (Å²) in [7, 11) is 0. The van der Waals surface area contributed by atoms with Gasteiger partial charge in [-0.15, -0.1) is 0 Å². The van der Waals surface area contributed by atoms with E-state index in [1.165, 1.54) is 19.3 Å². The number of fused-ring (bicyclic) bond motifs is 1. The predicted octanol–water partition coefficient (Wildman–Crippen LogP) is 4.67. The van der Waals surface area contributed by atoms with Gasteiger partial charge in [0.05, 0.1) is 30.7 Å². The summed E-state index contributed by atoms with van der Waals surface area (Å²) in [4.78, 5) is 25.3. The summed E-state index contributed by atoms with van der Waals surface area (Å²) in [5, 5.41) is 0. The van der Waals surface area contributed by atoms with E-state index in [1.807, 2.05) is 30.3 Å². The topological polar surface area (TPSA) is 65.1 Å². The van der Waals surface area contributed by atoms with Gasteiger partial charge in [0.25, 0.3) is 0 Å². The van der Waals surface area contributed by atoms with Gasteiger partial charge < -0.3 is 14.2 Å². The molecule has 0 spiro atoms. The van der Waals surface area contributed by atoms with E-state index in [4.69, 9.17) is 14.2 Å². The molecule has 1 aromatic carbocycles. The first-order valence-electron chi connectivity index (χ1n) is 11.1. The van der Waals surface area contributed by atoms with Gasteiger partial charge in [-0.25, -0.2) is 0 Å². The molecule has 1 aliphatic heterocycles. The molecule has 160 valence electrons. The molecule has 2 aliphatic rings. The monoisotopic (exact) mass is 402 g/mol. The third-order valence-corrected chi connectivity index (χ3v) is 5.90. The lowest BCUT2D eigenvalue weighted by Crippen LogP contribution is -2.37. The third-order valence-electron chi connectivity index (χ3n) is 5.90. The fourth-order valence-electron chi connectivity index (χ4n) is 4.07. The minimum atomic E-state index is -0.471. The Morgan fingerprint density at radius 1 is 0.931 bits per heavy atom. The first-order valence-corrected chi connectivity index (χ1v) is 11.1. The first-order chi connectivity index (χ1) is 14.0. The van der Waals surface area contributed by atoms with Crippen LogP contribution < -0.4 is 0 Å². The molecule has 1 heterocycles. The molecule has 4 atom stereocenters. The SMILES string of the molecule is CC(C)CCCCCCOC(=O)C1CC2OC2CC1C(=O)OCc1ccccc1. The van der Waals surface area contributed by atoms with Crippen LogP contribution in [0.2, 0.25) is 0 Å². The second kappa shape index (κ2) is 10.8. The number of ether oxygens (including phenoxy) is 3. The molecule has 0 bridgehead atoms. The highest BCUT2D eigenvalue weighted by molar-refractivity contribution is 5.82. The summed E-state index contributed by atoms with van der Waals surface area (Å²) in [5.74, 6) is -0.781. The highest BCUT2D eigenvalue weighted by Gasteiger charge is 2.53. The second-order valence-electron chi connectivity index (χ2n) is 8.75. The van der Waals surface area contributed by atoms with Crippen molar-refractivity contribution in [1.82, 2.24) is 0 Å². The van der Waals surface area contributed by atoms with Crippen LogP contribution in [0.5, 0.6) is 0 Å².